The maximum atomic E-state index is 12.4. The summed E-state index contributed by atoms with van der Waals surface area (Å²) in [6.45, 7) is 2.29. The van der Waals surface area contributed by atoms with Crippen molar-refractivity contribution < 1.29 is 17.9 Å². The van der Waals surface area contributed by atoms with Crippen LogP contribution in [0.1, 0.15) is 5.69 Å². The molecular formula is C18H20N4O4S2. The molecular weight excluding hydrogens is 400 g/mol. The van der Waals surface area contributed by atoms with Gasteiger partial charge in [-0.1, -0.05) is 6.07 Å². The first-order chi connectivity index (χ1) is 13.3. The number of thiophene rings is 1. The summed E-state index contributed by atoms with van der Waals surface area (Å²) in [5, 5.41) is 6.52. The van der Waals surface area contributed by atoms with E-state index in [9.17, 15) is 13.2 Å². The second-order valence-corrected chi connectivity index (χ2v) is 8.71. The first kappa shape index (κ1) is 20.1. The van der Waals surface area contributed by atoms with Gasteiger partial charge in [-0.25, -0.2) is 13.1 Å². The van der Waals surface area contributed by atoms with Gasteiger partial charge >= 0.3 is 0 Å². The minimum Gasteiger partial charge on any atom is -0.484 e. The van der Waals surface area contributed by atoms with Gasteiger partial charge < -0.3 is 10.5 Å². The molecule has 3 N–H and O–H groups in total. The quantitative estimate of drug-likeness (QED) is 0.547. The molecule has 10 heteroatoms. The van der Waals surface area contributed by atoms with Crippen molar-refractivity contribution in [2.75, 3.05) is 13.2 Å². The average molecular weight is 421 g/mol. The normalized spacial score (nSPS) is 11.5. The third-order valence-corrected chi connectivity index (χ3v) is 6.25. The lowest BCUT2D eigenvalue weighted by Crippen LogP contribution is -2.28. The van der Waals surface area contributed by atoms with Crippen LogP contribution in [0, 0.1) is 6.92 Å². The molecule has 0 aliphatic carbocycles. The number of hydrogen-bond donors (Lipinski definition) is 2. The van der Waals surface area contributed by atoms with Gasteiger partial charge in [-0.3, -0.25) is 9.48 Å². The van der Waals surface area contributed by atoms with Crippen molar-refractivity contribution in [2.24, 2.45) is 5.73 Å². The SMILES string of the molecule is Cc1cc(-c2cccs2)nn1CCNS(=O)(=O)c1ccc(OCC(N)=O)cc1. The molecule has 0 aliphatic heterocycles. The average Bonchev–Trinajstić information content (AvgIpc) is 3.30. The lowest BCUT2D eigenvalue weighted by Gasteiger charge is -2.09. The third-order valence-electron chi connectivity index (χ3n) is 3.89. The van der Waals surface area contributed by atoms with Crippen molar-refractivity contribution in [3.05, 3.63) is 53.5 Å². The molecule has 0 bridgehead atoms. The maximum absolute atomic E-state index is 12.4. The number of sulfonamides is 1. The van der Waals surface area contributed by atoms with E-state index in [2.05, 4.69) is 9.82 Å². The Bertz CT molecular complexity index is 1040. The van der Waals surface area contributed by atoms with Gasteiger partial charge in [-0.05, 0) is 48.7 Å². The van der Waals surface area contributed by atoms with E-state index in [1.165, 1.54) is 24.3 Å². The molecule has 0 fully saturated rings. The summed E-state index contributed by atoms with van der Waals surface area (Å²) >= 11 is 1.61. The van der Waals surface area contributed by atoms with Crippen LogP contribution in [0.15, 0.2) is 52.7 Å². The maximum Gasteiger partial charge on any atom is 0.255 e. The number of hydrogen-bond acceptors (Lipinski definition) is 6. The van der Waals surface area contributed by atoms with Crippen LogP contribution in [0.5, 0.6) is 5.75 Å². The van der Waals surface area contributed by atoms with Gasteiger partial charge in [-0.2, -0.15) is 5.10 Å². The zero-order valence-corrected chi connectivity index (χ0v) is 16.8. The Balaban J connectivity index is 1.59. The van der Waals surface area contributed by atoms with E-state index in [0.29, 0.717) is 12.3 Å². The number of aromatic nitrogens is 2. The van der Waals surface area contributed by atoms with E-state index in [1.54, 1.807) is 16.0 Å². The number of benzene rings is 1. The van der Waals surface area contributed by atoms with Crippen LogP contribution in [0.25, 0.3) is 10.6 Å². The minimum absolute atomic E-state index is 0.107. The molecule has 0 spiro atoms. The smallest absolute Gasteiger partial charge is 0.255 e. The zero-order valence-electron chi connectivity index (χ0n) is 15.2. The standard InChI is InChI=1S/C18H20N4O4S2/c1-13-11-16(17-3-2-10-27-17)21-22(13)9-8-20-28(24,25)15-6-4-14(5-7-15)26-12-18(19)23/h2-7,10-11,20H,8-9,12H2,1H3,(H2,19,23). The number of amides is 1. The number of nitrogens with zero attached hydrogens (tertiary/aromatic N) is 2. The molecule has 0 saturated heterocycles. The van der Waals surface area contributed by atoms with Crippen LogP contribution >= 0.6 is 11.3 Å². The second-order valence-electron chi connectivity index (χ2n) is 6.00. The van der Waals surface area contributed by atoms with Crippen LogP contribution in [0.2, 0.25) is 0 Å². The van der Waals surface area contributed by atoms with Crippen molar-refractivity contribution in [1.82, 2.24) is 14.5 Å². The van der Waals surface area contributed by atoms with Gasteiger partial charge in [0.05, 0.1) is 16.3 Å². The van der Waals surface area contributed by atoms with E-state index >= 15 is 0 Å². The number of carbonyl (C=O) groups is 1. The topological polar surface area (TPSA) is 116 Å². The molecule has 28 heavy (non-hydrogen) atoms. The molecule has 2 heterocycles. The Hall–Kier alpha value is -2.69. The van der Waals surface area contributed by atoms with Gasteiger partial charge in [0.2, 0.25) is 10.0 Å². The second kappa shape index (κ2) is 8.55. The van der Waals surface area contributed by atoms with E-state index < -0.39 is 15.9 Å². The highest BCUT2D eigenvalue weighted by atomic mass is 32.2. The number of nitrogens with two attached hydrogens (primary N) is 1. The largest absolute Gasteiger partial charge is 0.484 e. The first-order valence-corrected chi connectivity index (χ1v) is 10.8. The molecule has 2 aromatic heterocycles. The van der Waals surface area contributed by atoms with Gasteiger partial charge in [-0.15, -0.1) is 11.3 Å². The van der Waals surface area contributed by atoms with Crippen LogP contribution in [0.4, 0.5) is 0 Å². The molecule has 1 amide bonds. The Morgan fingerprint density at radius 2 is 2.04 bits per heavy atom. The molecule has 3 aromatic rings. The number of nitrogens with one attached hydrogen (secondary N) is 1. The number of ether oxygens (including phenoxy) is 1. The molecule has 0 unspecified atom stereocenters. The Labute approximate surface area is 167 Å². The van der Waals surface area contributed by atoms with Crippen LogP contribution in [0.3, 0.4) is 0 Å². The summed E-state index contributed by atoms with van der Waals surface area (Å²) in [5.41, 5.74) is 6.84. The van der Waals surface area contributed by atoms with Gasteiger partial charge in [0.15, 0.2) is 6.61 Å². The molecule has 0 aliphatic rings. The number of aryl methyl sites for hydroxylation is 1. The predicted octanol–water partition coefficient (Wildman–Crippen LogP) is 1.76. The predicted molar refractivity (Wildman–Crippen MR) is 107 cm³/mol. The molecule has 0 radical (unpaired) electrons. The number of rotatable bonds is 9. The fraction of sp³-hybridized carbons (Fsp3) is 0.222. The summed E-state index contributed by atoms with van der Waals surface area (Å²) in [5.74, 6) is -0.236. The van der Waals surface area contributed by atoms with E-state index in [4.69, 9.17) is 10.5 Å². The van der Waals surface area contributed by atoms with Crippen LogP contribution in [-0.4, -0.2) is 37.3 Å². The Morgan fingerprint density at radius 1 is 1.29 bits per heavy atom. The van der Waals surface area contributed by atoms with Crippen molar-refractivity contribution in [1.29, 1.82) is 0 Å². The first-order valence-electron chi connectivity index (χ1n) is 8.44. The lowest BCUT2D eigenvalue weighted by atomic mass is 10.3. The van der Waals surface area contributed by atoms with Crippen molar-refractivity contribution in [3.63, 3.8) is 0 Å². The fourth-order valence-corrected chi connectivity index (χ4v) is 4.22. The van der Waals surface area contributed by atoms with E-state index in [1.807, 2.05) is 30.5 Å². The number of primary amides is 1. The monoisotopic (exact) mass is 420 g/mol. The molecule has 8 nitrogen and oxygen atoms in total. The number of carbonyl (C=O) groups excluding carboxylic acids is 1. The van der Waals surface area contributed by atoms with Gasteiger partial charge in [0, 0.05) is 12.2 Å². The van der Waals surface area contributed by atoms with E-state index in [-0.39, 0.29) is 18.0 Å². The summed E-state index contributed by atoms with van der Waals surface area (Å²) < 4.78 is 34.3. The van der Waals surface area contributed by atoms with Crippen molar-refractivity contribution in [2.45, 2.75) is 18.4 Å². The zero-order chi connectivity index (χ0) is 20.1. The summed E-state index contributed by atoms with van der Waals surface area (Å²) in [7, 11) is -3.66. The van der Waals surface area contributed by atoms with Gasteiger partial charge in [0.25, 0.3) is 5.91 Å². The lowest BCUT2D eigenvalue weighted by molar-refractivity contribution is -0.119. The summed E-state index contributed by atoms with van der Waals surface area (Å²) in [6, 6.07) is 11.7. The third kappa shape index (κ3) is 4.97. The van der Waals surface area contributed by atoms with Crippen molar-refractivity contribution >= 4 is 27.3 Å². The molecule has 148 valence electrons. The highest BCUT2D eigenvalue weighted by molar-refractivity contribution is 7.89. The molecule has 0 atom stereocenters. The van der Waals surface area contributed by atoms with Crippen molar-refractivity contribution in [3.8, 4) is 16.3 Å². The van der Waals surface area contributed by atoms with Gasteiger partial charge in [0.1, 0.15) is 11.4 Å². The van der Waals surface area contributed by atoms with E-state index in [0.717, 1.165) is 16.3 Å². The van der Waals surface area contributed by atoms with Crippen LogP contribution in [-0.2, 0) is 21.4 Å². The summed E-state index contributed by atoms with van der Waals surface area (Å²) in [6.07, 6.45) is 0. The molecule has 3 rings (SSSR count). The summed E-state index contributed by atoms with van der Waals surface area (Å²) in [4.78, 5) is 11.9. The minimum atomic E-state index is -3.66. The van der Waals surface area contributed by atoms with Crippen LogP contribution < -0.4 is 15.2 Å². The highest BCUT2D eigenvalue weighted by Gasteiger charge is 2.14. The molecule has 0 saturated carbocycles. The Kier molecular flexibility index (Phi) is 6.12. The highest BCUT2D eigenvalue weighted by Crippen LogP contribution is 2.23. The molecule has 1 aromatic carbocycles. The Morgan fingerprint density at radius 3 is 2.68 bits per heavy atom. The fourth-order valence-electron chi connectivity index (χ4n) is 2.52.